The normalized spacial score (nSPS) is 10.3. The highest BCUT2D eigenvalue weighted by Crippen LogP contribution is 2.24. The average Bonchev–Trinajstić information content (AvgIpc) is 2.72. The zero-order valence-corrected chi connectivity index (χ0v) is 9.99. The Morgan fingerprint density at radius 2 is 2.28 bits per heavy atom. The third-order valence-electron chi connectivity index (χ3n) is 2.42. The summed E-state index contributed by atoms with van der Waals surface area (Å²) >= 11 is 0. The summed E-state index contributed by atoms with van der Waals surface area (Å²) in [6, 6.07) is 4.52. The molecule has 0 amide bonds. The number of Topliss-reactive ketones (excluding diaryl/α,β-unsaturated/α-hetero) is 1. The van der Waals surface area contributed by atoms with Crippen molar-refractivity contribution >= 4 is 5.78 Å². The van der Waals surface area contributed by atoms with E-state index in [1.807, 2.05) is 0 Å². The number of hydrogen-bond acceptors (Lipinski definition) is 6. The van der Waals surface area contributed by atoms with Crippen molar-refractivity contribution in [1.29, 1.82) is 0 Å². The molecule has 7 heteroatoms. The lowest BCUT2D eigenvalue weighted by atomic mass is 10.1. The quantitative estimate of drug-likeness (QED) is 0.801. The molecule has 0 saturated heterocycles. The number of rotatable bonds is 4. The van der Waals surface area contributed by atoms with E-state index >= 15 is 0 Å². The van der Waals surface area contributed by atoms with Crippen molar-refractivity contribution in [1.82, 2.24) is 20.2 Å². The van der Waals surface area contributed by atoms with E-state index in [-0.39, 0.29) is 23.7 Å². The molecular formula is C11H12N4O3. The van der Waals surface area contributed by atoms with Gasteiger partial charge in [0.25, 0.3) is 0 Å². The second kappa shape index (κ2) is 4.82. The molecule has 1 heterocycles. The standard InChI is InChI=1S/C11H12N4O3/c1-7(16)9-4-3-8(5-10(9)17)18-6-11-12-13-14-15(11)2/h3-5,17H,6H2,1-2H3. The highest BCUT2D eigenvalue weighted by atomic mass is 16.5. The minimum absolute atomic E-state index is 0.101. The molecule has 0 radical (unpaired) electrons. The molecule has 0 atom stereocenters. The zero-order valence-electron chi connectivity index (χ0n) is 9.99. The predicted octanol–water partition coefficient (Wildman–Crippen LogP) is 0.697. The van der Waals surface area contributed by atoms with Gasteiger partial charge in [0.1, 0.15) is 18.1 Å². The van der Waals surface area contributed by atoms with Gasteiger partial charge in [-0.3, -0.25) is 4.79 Å². The first-order valence-corrected chi connectivity index (χ1v) is 5.26. The summed E-state index contributed by atoms with van der Waals surface area (Å²) in [5, 5.41) is 20.5. The highest BCUT2D eigenvalue weighted by Gasteiger charge is 2.08. The fourth-order valence-electron chi connectivity index (χ4n) is 1.42. The van der Waals surface area contributed by atoms with Crippen LogP contribution in [0.1, 0.15) is 23.1 Å². The summed E-state index contributed by atoms with van der Waals surface area (Å²) in [4.78, 5) is 11.1. The third kappa shape index (κ3) is 2.45. The van der Waals surface area contributed by atoms with Gasteiger partial charge in [0.15, 0.2) is 11.6 Å². The largest absolute Gasteiger partial charge is 0.507 e. The van der Waals surface area contributed by atoms with Crippen molar-refractivity contribution < 1.29 is 14.6 Å². The number of aromatic nitrogens is 4. The van der Waals surface area contributed by atoms with Gasteiger partial charge in [-0.25, -0.2) is 4.68 Å². The first-order chi connectivity index (χ1) is 8.58. The maximum Gasteiger partial charge on any atom is 0.188 e. The van der Waals surface area contributed by atoms with Gasteiger partial charge >= 0.3 is 0 Å². The summed E-state index contributed by atoms with van der Waals surface area (Å²) in [7, 11) is 1.70. The molecule has 18 heavy (non-hydrogen) atoms. The molecule has 7 nitrogen and oxygen atoms in total. The third-order valence-corrected chi connectivity index (χ3v) is 2.42. The molecule has 0 fully saturated rings. The van der Waals surface area contributed by atoms with Crippen molar-refractivity contribution in [3.8, 4) is 11.5 Å². The maximum absolute atomic E-state index is 11.1. The molecule has 1 N–H and O–H groups in total. The molecule has 0 unspecified atom stereocenters. The van der Waals surface area contributed by atoms with Gasteiger partial charge in [0.05, 0.1) is 5.56 Å². The molecule has 0 bridgehead atoms. The summed E-state index contributed by atoms with van der Waals surface area (Å²) in [5.41, 5.74) is 0.266. The number of benzene rings is 1. The lowest BCUT2D eigenvalue weighted by molar-refractivity contribution is 0.101. The summed E-state index contributed by atoms with van der Waals surface area (Å²) < 4.78 is 6.90. The second-order valence-electron chi connectivity index (χ2n) is 3.74. The molecule has 0 aliphatic carbocycles. The number of nitrogens with zero attached hydrogens (tertiary/aromatic N) is 4. The van der Waals surface area contributed by atoms with Crippen LogP contribution in [0.25, 0.3) is 0 Å². The molecule has 0 spiro atoms. The van der Waals surface area contributed by atoms with Crippen molar-refractivity contribution in [2.45, 2.75) is 13.5 Å². The number of aryl methyl sites for hydroxylation is 1. The first-order valence-electron chi connectivity index (χ1n) is 5.26. The molecule has 94 valence electrons. The van der Waals surface area contributed by atoms with Crippen LogP contribution in [0.3, 0.4) is 0 Å². The van der Waals surface area contributed by atoms with Gasteiger partial charge in [-0.2, -0.15) is 0 Å². The number of phenolic OH excluding ortho intramolecular Hbond substituents is 1. The van der Waals surface area contributed by atoms with Crippen molar-refractivity contribution in [2.24, 2.45) is 7.05 Å². The van der Waals surface area contributed by atoms with Crippen LogP contribution in [-0.2, 0) is 13.7 Å². The Bertz CT molecular complexity index is 579. The number of phenols is 1. The molecule has 0 aliphatic heterocycles. The molecule has 0 saturated carbocycles. The van der Waals surface area contributed by atoms with Crippen LogP contribution in [0.2, 0.25) is 0 Å². The Kier molecular flexibility index (Phi) is 3.22. The van der Waals surface area contributed by atoms with Gasteiger partial charge in [-0.05, 0) is 29.5 Å². The Morgan fingerprint density at radius 3 is 2.83 bits per heavy atom. The SMILES string of the molecule is CC(=O)c1ccc(OCc2nnnn2C)cc1O. The van der Waals surface area contributed by atoms with E-state index < -0.39 is 0 Å². The molecule has 1 aromatic carbocycles. The van der Waals surface area contributed by atoms with E-state index in [9.17, 15) is 9.90 Å². The Hall–Kier alpha value is -2.44. The topological polar surface area (TPSA) is 90.1 Å². The zero-order chi connectivity index (χ0) is 13.1. The number of carbonyl (C=O) groups is 1. The van der Waals surface area contributed by atoms with Crippen LogP contribution in [0.5, 0.6) is 11.5 Å². The van der Waals surface area contributed by atoms with E-state index in [1.165, 1.54) is 23.7 Å². The van der Waals surface area contributed by atoms with E-state index in [1.54, 1.807) is 13.1 Å². The van der Waals surface area contributed by atoms with E-state index in [2.05, 4.69) is 15.5 Å². The Balaban J connectivity index is 2.09. The van der Waals surface area contributed by atoms with Gasteiger partial charge in [0.2, 0.25) is 0 Å². The second-order valence-corrected chi connectivity index (χ2v) is 3.74. The smallest absolute Gasteiger partial charge is 0.188 e. The van der Waals surface area contributed by atoms with Crippen LogP contribution < -0.4 is 4.74 Å². The maximum atomic E-state index is 11.1. The van der Waals surface area contributed by atoms with Crippen LogP contribution in [0, 0.1) is 0 Å². The number of aromatic hydroxyl groups is 1. The molecule has 2 rings (SSSR count). The van der Waals surface area contributed by atoms with Gasteiger partial charge in [0, 0.05) is 13.1 Å². The van der Waals surface area contributed by atoms with E-state index in [0.29, 0.717) is 11.6 Å². The molecular weight excluding hydrogens is 236 g/mol. The van der Waals surface area contributed by atoms with Crippen LogP contribution >= 0.6 is 0 Å². The van der Waals surface area contributed by atoms with Crippen molar-refractivity contribution in [3.05, 3.63) is 29.6 Å². The number of carbonyl (C=O) groups excluding carboxylic acids is 1. The molecule has 0 aliphatic rings. The van der Waals surface area contributed by atoms with E-state index in [4.69, 9.17) is 4.74 Å². The van der Waals surface area contributed by atoms with Gasteiger partial charge < -0.3 is 9.84 Å². The lowest BCUT2D eigenvalue weighted by Gasteiger charge is -2.07. The minimum atomic E-state index is -0.198. The van der Waals surface area contributed by atoms with Crippen LogP contribution in [0.15, 0.2) is 18.2 Å². The molecule has 2 aromatic rings. The van der Waals surface area contributed by atoms with E-state index in [0.717, 1.165) is 0 Å². The summed E-state index contributed by atoms with van der Waals surface area (Å²) in [5.74, 6) is 0.707. The van der Waals surface area contributed by atoms with Crippen LogP contribution in [0.4, 0.5) is 0 Å². The van der Waals surface area contributed by atoms with Crippen molar-refractivity contribution in [3.63, 3.8) is 0 Å². The average molecular weight is 248 g/mol. The van der Waals surface area contributed by atoms with Gasteiger partial charge in [-0.1, -0.05) is 0 Å². The van der Waals surface area contributed by atoms with Gasteiger partial charge in [-0.15, -0.1) is 5.10 Å². The summed E-state index contributed by atoms with van der Waals surface area (Å²) in [6.45, 7) is 1.57. The Labute approximate surface area is 103 Å². The summed E-state index contributed by atoms with van der Waals surface area (Å²) in [6.07, 6.45) is 0. The minimum Gasteiger partial charge on any atom is -0.507 e. The first kappa shape index (κ1) is 12.0. The predicted molar refractivity (Wildman–Crippen MR) is 61.2 cm³/mol. The number of ketones is 1. The monoisotopic (exact) mass is 248 g/mol. The molecule has 1 aromatic heterocycles. The van der Waals surface area contributed by atoms with Crippen LogP contribution in [-0.4, -0.2) is 31.1 Å². The number of tetrazole rings is 1. The Morgan fingerprint density at radius 1 is 1.50 bits per heavy atom. The fraction of sp³-hybridized carbons (Fsp3) is 0.273. The fourth-order valence-corrected chi connectivity index (χ4v) is 1.42. The number of ether oxygens (including phenoxy) is 1. The highest BCUT2D eigenvalue weighted by molar-refractivity contribution is 5.96. The lowest BCUT2D eigenvalue weighted by Crippen LogP contribution is -2.04. The van der Waals surface area contributed by atoms with Crippen molar-refractivity contribution in [2.75, 3.05) is 0 Å². The number of hydrogen-bond donors (Lipinski definition) is 1.